The van der Waals surface area contributed by atoms with Crippen molar-refractivity contribution in [2.45, 2.75) is 0 Å². The smallest absolute Gasteiger partial charge is 0.334 e. The van der Waals surface area contributed by atoms with Crippen LogP contribution in [0.3, 0.4) is 0 Å². The topological polar surface area (TPSA) is 122 Å². The number of carbonyl (C=O) groups excluding carboxylic acids is 1. The van der Waals surface area contributed by atoms with E-state index in [-0.39, 0.29) is 22.2 Å². The average Bonchev–Trinajstić information content (AvgIpc) is 2.69. The van der Waals surface area contributed by atoms with Gasteiger partial charge in [0.25, 0.3) is 5.91 Å². The van der Waals surface area contributed by atoms with Crippen molar-refractivity contribution in [2.24, 2.45) is 0 Å². The third kappa shape index (κ3) is 4.68. The molecular formula is C17H11Cl2FN6O3. The number of aromatic nitrogens is 2. The molecule has 148 valence electrons. The molecule has 1 aromatic heterocycles. The minimum Gasteiger partial charge on any atom is -0.334 e. The van der Waals surface area contributed by atoms with E-state index in [9.17, 15) is 19.3 Å². The Morgan fingerprint density at radius 3 is 2.48 bits per heavy atom. The van der Waals surface area contributed by atoms with Gasteiger partial charge in [-0.3, -0.25) is 25.8 Å². The zero-order valence-electron chi connectivity index (χ0n) is 14.3. The van der Waals surface area contributed by atoms with Gasteiger partial charge in [-0.15, -0.1) is 0 Å². The minimum atomic E-state index is -0.838. The number of hydrogen-bond donors (Lipinski definition) is 3. The highest BCUT2D eigenvalue weighted by molar-refractivity contribution is 6.42. The third-order valence-corrected chi connectivity index (χ3v) is 4.34. The van der Waals surface area contributed by atoms with Crippen LogP contribution in [-0.4, -0.2) is 20.8 Å². The van der Waals surface area contributed by atoms with E-state index in [1.165, 1.54) is 30.3 Å². The largest absolute Gasteiger partial charge is 0.355 e. The first-order valence-corrected chi connectivity index (χ1v) is 8.64. The van der Waals surface area contributed by atoms with E-state index in [1.54, 1.807) is 6.07 Å². The maximum absolute atomic E-state index is 13.7. The lowest BCUT2D eigenvalue weighted by Gasteiger charge is -2.11. The van der Waals surface area contributed by atoms with Crippen molar-refractivity contribution in [3.05, 3.63) is 80.3 Å². The van der Waals surface area contributed by atoms with Crippen LogP contribution >= 0.6 is 23.2 Å². The summed E-state index contributed by atoms with van der Waals surface area (Å²) in [5.74, 6) is -2.05. The van der Waals surface area contributed by atoms with Gasteiger partial charge in [-0.2, -0.15) is 0 Å². The lowest BCUT2D eigenvalue weighted by Crippen LogP contribution is -2.31. The Kier molecular flexibility index (Phi) is 6.05. The first-order valence-electron chi connectivity index (χ1n) is 7.89. The second-order valence-corrected chi connectivity index (χ2v) is 6.30. The Hall–Kier alpha value is -3.50. The number of hydrogen-bond acceptors (Lipinski definition) is 7. The molecule has 29 heavy (non-hydrogen) atoms. The maximum atomic E-state index is 13.7. The summed E-state index contributed by atoms with van der Waals surface area (Å²) in [6.45, 7) is 0. The van der Waals surface area contributed by atoms with E-state index in [0.29, 0.717) is 10.7 Å². The zero-order valence-corrected chi connectivity index (χ0v) is 15.8. The summed E-state index contributed by atoms with van der Waals surface area (Å²) in [4.78, 5) is 30.5. The zero-order chi connectivity index (χ0) is 21.0. The predicted molar refractivity (Wildman–Crippen MR) is 106 cm³/mol. The number of hydrazine groups is 1. The summed E-state index contributed by atoms with van der Waals surface area (Å²) >= 11 is 11.8. The molecule has 0 unspecified atom stereocenters. The van der Waals surface area contributed by atoms with Crippen molar-refractivity contribution in [3.63, 3.8) is 0 Å². The molecule has 0 aliphatic heterocycles. The Bertz CT molecular complexity index is 1100. The van der Waals surface area contributed by atoms with E-state index in [4.69, 9.17) is 23.2 Å². The Balaban J connectivity index is 1.85. The van der Waals surface area contributed by atoms with Gasteiger partial charge in [-0.25, -0.2) is 14.4 Å². The lowest BCUT2D eigenvalue weighted by molar-refractivity contribution is -0.383. The van der Waals surface area contributed by atoms with Crippen molar-refractivity contribution in [2.75, 3.05) is 10.7 Å². The molecule has 1 heterocycles. The van der Waals surface area contributed by atoms with Crippen molar-refractivity contribution in [1.29, 1.82) is 0 Å². The number of rotatable bonds is 6. The average molecular weight is 437 g/mol. The quantitative estimate of drug-likeness (QED) is 0.388. The predicted octanol–water partition coefficient (Wildman–Crippen LogP) is 4.33. The van der Waals surface area contributed by atoms with Crippen LogP contribution in [0.2, 0.25) is 10.0 Å². The first kappa shape index (κ1) is 20.2. The number of nitrogens with one attached hydrogen (secondary N) is 3. The summed E-state index contributed by atoms with van der Waals surface area (Å²) < 4.78 is 13.7. The molecule has 12 heteroatoms. The van der Waals surface area contributed by atoms with Crippen LogP contribution in [0.4, 0.5) is 27.4 Å². The maximum Gasteiger partial charge on any atom is 0.355 e. The van der Waals surface area contributed by atoms with Crippen molar-refractivity contribution >= 4 is 52.1 Å². The van der Waals surface area contributed by atoms with Crippen LogP contribution in [0.15, 0.2) is 48.8 Å². The van der Waals surface area contributed by atoms with Gasteiger partial charge >= 0.3 is 5.69 Å². The molecule has 0 fully saturated rings. The number of carbonyl (C=O) groups is 1. The highest BCUT2D eigenvalue weighted by atomic mass is 35.5. The standard InChI is InChI=1S/C17H11Cl2FN6O3/c18-11-6-5-9(7-12(11)19)23-15-14(26(28)29)16(22-8-21-15)24-25-17(27)10-3-1-2-4-13(10)20/h1-8H,(H,25,27)(H2,21,22,23,24). The van der Waals surface area contributed by atoms with Crippen LogP contribution < -0.4 is 16.2 Å². The highest BCUT2D eigenvalue weighted by Crippen LogP contribution is 2.32. The van der Waals surface area contributed by atoms with Gasteiger partial charge in [0, 0.05) is 5.69 Å². The molecule has 0 radical (unpaired) electrons. The van der Waals surface area contributed by atoms with Gasteiger partial charge in [0.15, 0.2) is 0 Å². The van der Waals surface area contributed by atoms with Crippen molar-refractivity contribution in [1.82, 2.24) is 15.4 Å². The second-order valence-electron chi connectivity index (χ2n) is 5.49. The van der Waals surface area contributed by atoms with Gasteiger partial charge in [0.1, 0.15) is 12.1 Å². The minimum absolute atomic E-state index is 0.161. The number of nitrogens with zero attached hydrogens (tertiary/aromatic N) is 3. The molecule has 0 bridgehead atoms. The normalized spacial score (nSPS) is 10.3. The highest BCUT2D eigenvalue weighted by Gasteiger charge is 2.24. The fraction of sp³-hybridized carbons (Fsp3) is 0. The van der Waals surface area contributed by atoms with Crippen LogP contribution in [0, 0.1) is 15.9 Å². The molecule has 0 aliphatic carbocycles. The molecule has 0 saturated heterocycles. The summed E-state index contributed by atoms with van der Waals surface area (Å²) in [5.41, 5.74) is 4.09. The summed E-state index contributed by atoms with van der Waals surface area (Å²) in [6, 6.07) is 9.79. The van der Waals surface area contributed by atoms with E-state index >= 15 is 0 Å². The van der Waals surface area contributed by atoms with E-state index in [1.807, 2.05) is 0 Å². The molecule has 3 N–H and O–H groups in total. The van der Waals surface area contributed by atoms with Crippen LogP contribution in [0.5, 0.6) is 0 Å². The van der Waals surface area contributed by atoms with Gasteiger partial charge in [0.05, 0.1) is 20.5 Å². The van der Waals surface area contributed by atoms with Crippen LogP contribution in [-0.2, 0) is 0 Å². The molecular weight excluding hydrogens is 426 g/mol. The molecule has 3 rings (SSSR count). The lowest BCUT2D eigenvalue weighted by atomic mass is 10.2. The van der Waals surface area contributed by atoms with Gasteiger partial charge in [-0.1, -0.05) is 35.3 Å². The molecule has 3 aromatic rings. The number of benzene rings is 2. The third-order valence-electron chi connectivity index (χ3n) is 3.60. The van der Waals surface area contributed by atoms with Crippen LogP contribution in [0.25, 0.3) is 0 Å². The van der Waals surface area contributed by atoms with Gasteiger partial charge in [-0.05, 0) is 30.3 Å². The Labute approximate surface area is 173 Å². The first-order chi connectivity index (χ1) is 13.9. The number of amides is 1. The van der Waals surface area contributed by atoms with E-state index in [0.717, 1.165) is 12.4 Å². The fourth-order valence-electron chi connectivity index (χ4n) is 2.27. The van der Waals surface area contributed by atoms with Crippen LogP contribution in [0.1, 0.15) is 10.4 Å². The molecule has 0 atom stereocenters. The monoisotopic (exact) mass is 436 g/mol. The molecule has 2 aromatic carbocycles. The Morgan fingerprint density at radius 2 is 1.79 bits per heavy atom. The van der Waals surface area contributed by atoms with Crippen molar-refractivity contribution < 1.29 is 14.1 Å². The second kappa shape index (κ2) is 8.67. The van der Waals surface area contributed by atoms with Gasteiger partial charge < -0.3 is 5.32 Å². The van der Waals surface area contributed by atoms with E-state index < -0.39 is 22.3 Å². The molecule has 0 aliphatic rings. The summed E-state index contributed by atoms with van der Waals surface area (Å²) in [7, 11) is 0. The SMILES string of the molecule is O=C(NNc1ncnc(Nc2ccc(Cl)c(Cl)c2)c1[N+](=O)[O-])c1ccccc1F. The van der Waals surface area contributed by atoms with Gasteiger partial charge in [0.2, 0.25) is 11.6 Å². The molecule has 1 amide bonds. The summed E-state index contributed by atoms with van der Waals surface area (Å²) in [5, 5.41) is 14.8. The Morgan fingerprint density at radius 1 is 1.07 bits per heavy atom. The summed E-state index contributed by atoms with van der Waals surface area (Å²) in [6.07, 6.45) is 1.05. The number of anilines is 3. The van der Waals surface area contributed by atoms with E-state index in [2.05, 4.69) is 26.1 Å². The fourth-order valence-corrected chi connectivity index (χ4v) is 2.57. The molecule has 0 saturated carbocycles. The molecule has 9 nitrogen and oxygen atoms in total. The number of nitro groups is 1. The van der Waals surface area contributed by atoms with Crippen molar-refractivity contribution in [3.8, 4) is 0 Å². The molecule has 0 spiro atoms. The number of halogens is 3.